The summed E-state index contributed by atoms with van der Waals surface area (Å²) in [7, 11) is 1.52. The van der Waals surface area contributed by atoms with Crippen molar-refractivity contribution < 1.29 is 14.3 Å². The SMILES string of the molecule is CCN(CCN1C(=O)CS[C@@H]1c1sccc1C)C(=O)COC. The molecule has 5 nitrogen and oxygen atoms in total. The molecule has 122 valence electrons. The molecular weight excluding hydrogens is 320 g/mol. The van der Waals surface area contributed by atoms with Gasteiger partial charge in [0, 0.05) is 31.6 Å². The molecule has 2 heterocycles. The average molecular weight is 342 g/mol. The average Bonchev–Trinajstić information content (AvgIpc) is 3.06. The minimum atomic E-state index is -0.0341. The third kappa shape index (κ3) is 3.83. The van der Waals surface area contributed by atoms with Crippen LogP contribution in [0.15, 0.2) is 11.4 Å². The first kappa shape index (κ1) is 17.3. The normalized spacial score (nSPS) is 18.0. The largest absolute Gasteiger partial charge is 0.375 e. The second kappa shape index (κ2) is 7.99. The molecule has 0 aliphatic carbocycles. The second-order valence-electron chi connectivity index (χ2n) is 5.12. The van der Waals surface area contributed by atoms with Gasteiger partial charge in [0.25, 0.3) is 0 Å². The molecule has 1 atom stereocenters. The first-order valence-electron chi connectivity index (χ1n) is 7.30. The molecule has 1 saturated heterocycles. The van der Waals surface area contributed by atoms with E-state index >= 15 is 0 Å². The molecule has 1 aromatic rings. The summed E-state index contributed by atoms with van der Waals surface area (Å²) in [6.07, 6.45) is 0. The molecule has 0 aromatic carbocycles. The number of hydrogen-bond donors (Lipinski definition) is 0. The van der Waals surface area contributed by atoms with Gasteiger partial charge in [0.2, 0.25) is 11.8 Å². The van der Waals surface area contributed by atoms with Crippen molar-refractivity contribution in [3.05, 3.63) is 21.9 Å². The van der Waals surface area contributed by atoms with Crippen LogP contribution < -0.4 is 0 Å². The summed E-state index contributed by atoms with van der Waals surface area (Å²) >= 11 is 3.36. The highest BCUT2D eigenvalue weighted by molar-refractivity contribution is 8.00. The van der Waals surface area contributed by atoms with E-state index in [1.807, 2.05) is 11.8 Å². The number of likely N-dealkylation sites (N-methyl/N-ethyl adjacent to an activating group) is 1. The van der Waals surface area contributed by atoms with Crippen molar-refractivity contribution in [3.63, 3.8) is 0 Å². The molecular formula is C15H22N2O3S2. The van der Waals surface area contributed by atoms with E-state index in [4.69, 9.17) is 4.74 Å². The van der Waals surface area contributed by atoms with Crippen molar-refractivity contribution in [1.82, 2.24) is 9.80 Å². The van der Waals surface area contributed by atoms with E-state index in [0.29, 0.717) is 25.4 Å². The third-order valence-electron chi connectivity index (χ3n) is 3.71. The maximum absolute atomic E-state index is 12.2. The first-order valence-corrected chi connectivity index (χ1v) is 9.23. The fraction of sp³-hybridized carbons (Fsp3) is 0.600. The standard InChI is InChI=1S/C15H22N2O3S2/c1-4-16(12(18)9-20-3)6-7-17-13(19)10-22-15(17)14-11(2)5-8-21-14/h5,8,15H,4,6-7,9-10H2,1-3H3/t15-/m1/s1. The Hall–Kier alpha value is -1.05. The number of hydrogen-bond acceptors (Lipinski definition) is 5. The minimum absolute atomic E-state index is 0.0341. The van der Waals surface area contributed by atoms with Crippen molar-refractivity contribution >= 4 is 34.9 Å². The Morgan fingerprint density at radius 1 is 1.55 bits per heavy atom. The summed E-state index contributed by atoms with van der Waals surface area (Å²) in [6, 6.07) is 2.09. The van der Waals surface area contributed by atoms with Gasteiger partial charge < -0.3 is 14.5 Å². The Bertz CT molecular complexity index is 533. The van der Waals surface area contributed by atoms with Crippen molar-refractivity contribution in [2.75, 3.05) is 39.1 Å². The van der Waals surface area contributed by atoms with Crippen LogP contribution in [0.5, 0.6) is 0 Å². The molecule has 1 aliphatic rings. The monoisotopic (exact) mass is 342 g/mol. The topological polar surface area (TPSA) is 49.9 Å². The quantitative estimate of drug-likeness (QED) is 0.762. The Morgan fingerprint density at radius 3 is 2.91 bits per heavy atom. The summed E-state index contributed by atoms with van der Waals surface area (Å²) in [5.74, 6) is 0.631. The summed E-state index contributed by atoms with van der Waals surface area (Å²) in [6.45, 7) is 5.84. The predicted molar refractivity (Wildman–Crippen MR) is 90.1 cm³/mol. The van der Waals surface area contributed by atoms with Gasteiger partial charge in [0.05, 0.1) is 5.75 Å². The molecule has 1 aromatic heterocycles. The van der Waals surface area contributed by atoms with Crippen LogP contribution in [0.2, 0.25) is 0 Å². The zero-order valence-electron chi connectivity index (χ0n) is 13.2. The number of carbonyl (C=O) groups excluding carboxylic acids is 2. The predicted octanol–water partition coefficient (Wildman–Crippen LogP) is 2.13. The van der Waals surface area contributed by atoms with Crippen LogP contribution in [0.25, 0.3) is 0 Å². The van der Waals surface area contributed by atoms with E-state index in [1.165, 1.54) is 17.6 Å². The highest BCUT2D eigenvalue weighted by atomic mass is 32.2. The maximum Gasteiger partial charge on any atom is 0.248 e. The molecule has 0 radical (unpaired) electrons. The lowest BCUT2D eigenvalue weighted by atomic mass is 10.2. The van der Waals surface area contributed by atoms with Crippen LogP contribution in [-0.2, 0) is 14.3 Å². The lowest BCUT2D eigenvalue weighted by molar-refractivity contribution is -0.136. The lowest BCUT2D eigenvalue weighted by Gasteiger charge is -2.28. The maximum atomic E-state index is 12.2. The molecule has 0 N–H and O–H groups in total. The van der Waals surface area contributed by atoms with Crippen LogP contribution in [0.4, 0.5) is 0 Å². The second-order valence-corrected chi connectivity index (χ2v) is 7.14. The molecule has 2 amide bonds. The van der Waals surface area contributed by atoms with Gasteiger partial charge in [-0.1, -0.05) is 0 Å². The van der Waals surface area contributed by atoms with Gasteiger partial charge in [-0.25, -0.2) is 0 Å². The minimum Gasteiger partial charge on any atom is -0.375 e. The number of thiophene rings is 1. The van der Waals surface area contributed by atoms with Gasteiger partial charge in [-0.15, -0.1) is 23.1 Å². The Balaban J connectivity index is 2.01. The smallest absolute Gasteiger partial charge is 0.248 e. The van der Waals surface area contributed by atoms with Crippen molar-refractivity contribution in [1.29, 1.82) is 0 Å². The number of aryl methyl sites for hydroxylation is 1. The Morgan fingerprint density at radius 2 is 2.32 bits per heavy atom. The zero-order valence-corrected chi connectivity index (χ0v) is 14.8. The molecule has 7 heteroatoms. The number of carbonyl (C=O) groups is 2. The van der Waals surface area contributed by atoms with E-state index in [2.05, 4.69) is 18.4 Å². The van der Waals surface area contributed by atoms with Crippen molar-refractivity contribution in [2.24, 2.45) is 0 Å². The van der Waals surface area contributed by atoms with Crippen molar-refractivity contribution in [3.8, 4) is 0 Å². The lowest BCUT2D eigenvalue weighted by Crippen LogP contribution is -2.41. The number of methoxy groups -OCH3 is 1. The van der Waals surface area contributed by atoms with Gasteiger partial charge in [-0.3, -0.25) is 9.59 Å². The molecule has 0 bridgehead atoms. The Kier molecular flexibility index (Phi) is 6.28. The number of rotatable bonds is 7. The van der Waals surface area contributed by atoms with Gasteiger partial charge in [0.1, 0.15) is 12.0 Å². The van der Waals surface area contributed by atoms with Gasteiger partial charge in [0.15, 0.2) is 0 Å². The van der Waals surface area contributed by atoms with E-state index in [1.54, 1.807) is 28.0 Å². The fourth-order valence-electron chi connectivity index (χ4n) is 2.45. The fourth-order valence-corrected chi connectivity index (χ4v) is 4.95. The summed E-state index contributed by atoms with van der Waals surface area (Å²) in [5.41, 5.74) is 1.23. The van der Waals surface area contributed by atoms with E-state index in [-0.39, 0.29) is 23.8 Å². The molecule has 0 spiro atoms. The van der Waals surface area contributed by atoms with Gasteiger partial charge in [-0.05, 0) is 30.9 Å². The molecule has 1 fully saturated rings. The zero-order chi connectivity index (χ0) is 16.1. The summed E-state index contributed by atoms with van der Waals surface area (Å²) in [4.78, 5) is 29.0. The molecule has 22 heavy (non-hydrogen) atoms. The Labute approximate surface area is 139 Å². The van der Waals surface area contributed by atoms with Crippen LogP contribution in [-0.4, -0.2) is 60.7 Å². The number of ether oxygens (including phenoxy) is 1. The van der Waals surface area contributed by atoms with Crippen LogP contribution in [0.3, 0.4) is 0 Å². The first-order chi connectivity index (χ1) is 10.6. The van der Waals surface area contributed by atoms with E-state index in [0.717, 1.165) is 0 Å². The van der Waals surface area contributed by atoms with Crippen LogP contribution in [0, 0.1) is 6.92 Å². The molecule has 0 unspecified atom stereocenters. The van der Waals surface area contributed by atoms with Crippen LogP contribution >= 0.6 is 23.1 Å². The highest BCUT2D eigenvalue weighted by Crippen LogP contribution is 2.41. The number of amides is 2. The summed E-state index contributed by atoms with van der Waals surface area (Å²) in [5, 5.41) is 2.15. The van der Waals surface area contributed by atoms with E-state index < -0.39 is 0 Å². The van der Waals surface area contributed by atoms with E-state index in [9.17, 15) is 9.59 Å². The third-order valence-corrected chi connectivity index (χ3v) is 6.15. The highest BCUT2D eigenvalue weighted by Gasteiger charge is 2.34. The van der Waals surface area contributed by atoms with Gasteiger partial charge >= 0.3 is 0 Å². The molecule has 0 saturated carbocycles. The number of thioether (sulfide) groups is 1. The number of nitrogens with zero attached hydrogens (tertiary/aromatic N) is 2. The summed E-state index contributed by atoms with van der Waals surface area (Å²) < 4.78 is 4.90. The van der Waals surface area contributed by atoms with Gasteiger partial charge in [-0.2, -0.15) is 0 Å². The van der Waals surface area contributed by atoms with Crippen LogP contribution in [0.1, 0.15) is 22.7 Å². The molecule has 1 aliphatic heterocycles. The van der Waals surface area contributed by atoms with Crippen molar-refractivity contribution in [2.45, 2.75) is 19.2 Å². The molecule has 2 rings (SSSR count).